The van der Waals surface area contributed by atoms with E-state index in [1.807, 2.05) is 4.90 Å². The number of carbonyl (C=O) groups excluding carboxylic acids is 1. The summed E-state index contributed by atoms with van der Waals surface area (Å²) in [5.74, 6) is 1.28. The Morgan fingerprint density at radius 3 is 2.89 bits per heavy atom. The van der Waals surface area contributed by atoms with Crippen LogP contribution in [0.1, 0.15) is 18.2 Å². The van der Waals surface area contributed by atoms with Crippen LogP contribution in [0.4, 0.5) is 5.82 Å². The Morgan fingerprint density at radius 1 is 1.37 bits per heavy atom. The normalized spacial score (nSPS) is 26.4. The summed E-state index contributed by atoms with van der Waals surface area (Å²) in [5, 5.41) is 4.46. The monoisotopic (exact) mass is 387 g/mol. The summed E-state index contributed by atoms with van der Waals surface area (Å²) < 4.78 is 5.35. The lowest BCUT2D eigenvalue weighted by Crippen LogP contribution is -2.74. The van der Waals surface area contributed by atoms with Gasteiger partial charge >= 0.3 is 0 Å². The van der Waals surface area contributed by atoms with Crippen LogP contribution >= 0.6 is 11.3 Å². The minimum absolute atomic E-state index is 0.0803. The Kier molecular flexibility index (Phi) is 4.10. The molecule has 3 fully saturated rings. The molecule has 27 heavy (non-hydrogen) atoms. The van der Waals surface area contributed by atoms with Crippen LogP contribution in [0.15, 0.2) is 12.4 Å². The highest BCUT2D eigenvalue weighted by Crippen LogP contribution is 2.43. The van der Waals surface area contributed by atoms with E-state index >= 15 is 0 Å². The highest BCUT2D eigenvalue weighted by atomic mass is 32.1. The topological polar surface area (TPSA) is 70.6 Å². The van der Waals surface area contributed by atoms with E-state index in [2.05, 4.69) is 33.2 Å². The number of thiophene rings is 1. The second kappa shape index (κ2) is 6.39. The van der Waals surface area contributed by atoms with Crippen LogP contribution < -0.4 is 10.2 Å². The summed E-state index contributed by atoms with van der Waals surface area (Å²) in [7, 11) is 1.71. The van der Waals surface area contributed by atoms with E-state index in [1.165, 1.54) is 10.3 Å². The average molecular weight is 388 g/mol. The smallest absolute Gasteiger partial charge is 0.239 e. The van der Waals surface area contributed by atoms with Crippen molar-refractivity contribution in [2.75, 3.05) is 44.7 Å². The molecule has 1 spiro atoms. The number of hydrogen-bond acceptors (Lipinski definition) is 7. The number of anilines is 1. The molecule has 8 heteroatoms. The number of carbonyl (C=O) groups is 1. The van der Waals surface area contributed by atoms with Gasteiger partial charge in [0.1, 0.15) is 17.0 Å². The second-order valence-corrected chi connectivity index (χ2v) is 9.20. The SMILES string of the molecule is CCc1cc2c(N3CC4(CN(C(=O)[C@@H]5C[C@H](OC)CN5)C4)C3)ncnc2s1. The number of nitrogens with zero attached hydrogens (tertiary/aromatic N) is 4. The van der Waals surface area contributed by atoms with Crippen LogP contribution in [-0.2, 0) is 16.0 Å². The number of ether oxygens (including phenoxy) is 1. The molecule has 7 nitrogen and oxygen atoms in total. The van der Waals surface area contributed by atoms with Gasteiger partial charge in [-0.2, -0.15) is 0 Å². The van der Waals surface area contributed by atoms with Crippen molar-refractivity contribution in [3.63, 3.8) is 0 Å². The second-order valence-electron chi connectivity index (χ2n) is 8.09. The van der Waals surface area contributed by atoms with Crippen molar-refractivity contribution in [1.82, 2.24) is 20.2 Å². The summed E-state index contributed by atoms with van der Waals surface area (Å²) in [5.41, 5.74) is 0.246. The first kappa shape index (κ1) is 17.3. The lowest BCUT2D eigenvalue weighted by Gasteiger charge is -2.60. The lowest BCUT2D eigenvalue weighted by atomic mass is 9.72. The summed E-state index contributed by atoms with van der Waals surface area (Å²) in [6, 6.07) is 2.15. The Labute approximate surface area is 162 Å². The third-order valence-corrected chi connectivity index (χ3v) is 7.33. The summed E-state index contributed by atoms with van der Waals surface area (Å²) >= 11 is 1.76. The van der Waals surface area contributed by atoms with Gasteiger partial charge in [0.05, 0.1) is 17.5 Å². The van der Waals surface area contributed by atoms with E-state index in [4.69, 9.17) is 4.74 Å². The molecule has 0 aliphatic carbocycles. The third-order valence-electron chi connectivity index (χ3n) is 6.15. The number of likely N-dealkylation sites (tertiary alicyclic amines) is 1. The zero-order valence-electron chi connectivity index (χ0n) is 15.8. The zero-order chi connectivity index (χ0) is 18.6. The molecule has 5 heterocycles. The minimum atomic E-state index is -0.0803. The number of fused-ring (bicyclic) bond motifs is 1. The van der Waals surface area contributed by atoms with Crippen molar-refractivity contribution < 1.29 is 9.53 Å². The molecular formula is C19H25N5O2S. The molecule has 1 N–H and O–H groups in total. The van der Waals surface area contributed by atoms with Crippen LogP contribution in [0.2, 0.25) is 0 Å². The van der Waals surface area contributed by atoms with E-state index in [9.17, 15) is 4.79 Å². The van der Waals surface area contributed by atoms with Gasteiger partial charge in [-0.05, 0) is 18.9 Å². The van der Waals surface area contributed by atoms with Crippen molar-refractivity contribution in [3.8, 4) is 0 Å². The highest BCUT2D eigenvalue weighted by molar-refractivity contribution is 7.18. The maximum Gasteiger partial charge on any atom is 0.239 e. The minimum Gasteiger partial charge on any atom is -0.380 e. The molecular weight excluding hydrogens is 362 g/mol. The molecule has 1 amide bonds. The third kappa shape index (κ3) is 2.81. The fourth-order valence-electron chi connectivity index (χ4n) is 4.64. The molecule has 0 aromatic carbocycles. The molecule has 2 aromatic heterocycles. The fraction of sp³-hybridized carbons (Fsp3) is 0.632. The van der Waals surface area contributed by atoms with Gasteiger partial charge in [0.25, 0.3) is 0 Å². The van der Waals surface area contributed by atoms with Gasteiger partial charge in [0.15, 0.2) is 0 Å². The molecule has 3 saturated heterocycles. The summed E-state index contributed by atoms with van der Waals surface area (Å²) in [6.45, 7) is 6.60. The molecule has 3 aliphatic heterocycles. The first-order valence-corrected chi connectivity index (χ1v) is 10.5. The van der Waals surface area contributed by atoms with Crippen LogP contribution in [0.5, 0.6) is 0 Å². The van der Waals surface area contributed by atoms with Gasteiger partial charge in [-0.1, -0.05) is 6.92 Å². The van der Waals surface area contributed by atoms with E-state index in [1.54, 1.807) is 24.8 Å². The molecule has 2 aromatic rings. The first-order chi connectivity index (χ1) is 13.1. The Balaban J connectivity index is 1.21. The average Bonchev–Trinajstić information content (AvgIpc) is 3.25. The number of hydrogen-bond donors (Lipinski definition) is 1. The highest BCUT2D eigenvalue weighted by Gasteiger charge is 2.54. The van der Waals surface area contributed by atoms with Crippen LogP contribution in [0, 0.1) is 5.41 Å². The van der Waals surface area contributed by atoms with Crippen molar-refractivity contribution in [2.45, 2.75) is 31.9 Å². The van der Waals surface area contributed by atoms with Crippen molar-refractivity contribution in [2.24, 2.45) is 5.41 Å². The Morgan fingerprint density at radius 2 is 2.19 bits per heavy atom. The largest absolute Gasteiger partial charge is 0.380 e. The van der Waals surface area contributed by atoms with E-state index in [0.717, 1.165) is 56.2 Å². The van der Waals surface area contributed by atoms with Gasteiger partial charge in [0, 0.05) is 50.1 Å². The van der Waals surface area contributed by atoms with Crippen molar-refractivity contribution in [3.05, 3.63) is 17.3 Å². The first-order valence-electron chi connectivity index (χ1n) is 9.64. The number of aryl methyl sites for hydroxylation is 1. The lowest BCUT2D eigenvalue weighted by molar-refractivity contribution is -0.147. The number of amides is 1. The summed E-state index contributed by atoms with van der Waals surface area (Å²) in [6.07, 6.45) is 3.64. The van der Waals surface area contributed by atoms with E-state index < -0.39 is 0 Å². The van der Waals surface area contributed by atoms with Gasteiger partial charge in [-0.15, -0.1) is 11.3 Å². The van der Waals surface area contributed by atoms with Crippen molar-refractivity contribution in [1.29, 1.82) is 0 Å². The molecule has 2 atom stereocenters. The maximum atomic E-state index is 12.7. The predicted octanol–water partition coefficient (Wildman–Crippen LogP) is 1.28. The van der Waals surface area contributed by atoms with Gasteiger partial charge in [-0.25, -0.2) is 9.97 Å². The Bertz CT molecular complexity index is 870. The molecule has 144 valence electrons. The Hall–Kier alpha value is -1.77. The number of methoxy groups -OCH3 is 1. The molecule has 5 rings (SSSR count). The molecule has 0 unspecified atom stereocenters. The van der Waals surface area contributed by atoms with Gasteiger partial charge in [0.2, 0.25) is 5.91 Å². The van der Waals surface area contributed by atoms with E-state index in [-0.39, 0.29) is 23.5 Å². The van der Waals surface area contributed by atoms with Crippen LogP contribution in [0.25, 0.3) is 10.2 Å². The number of rotatable bonds is 4. The standard InChI is InChI=1S/C19H25N5O2S/c1-3-13-5-14-16(21-11-22-17(14)27-13)23-7-19(8-23)9-24(10-19)18(25)15-4-12(26-2)6-20-15/h5,11-12,15,20H,3-4,6-10H2,1-2H3/t12-,15-/m0/s1. The summed E-state index contributed by atoms with van der Waals surface area (Å²) in [4.78, 5) is 28.4. The maximum absolute atomic E-state index is 12.7. The quantitative estimate of drug-likeness (QED) is 0.852. The number of nitrogens with one attached hydrogen (secondary N) is 1. The van der Waals surface area contributed by atoms with E-state index in [0.29, 0.717) is 0 Å². The van der Waals surface area contributed by atoms with Crippen LogP contribution in [-0.4, -0.2) is 72.8 Å². The number of aromatic nitrogens is 2. The van der Waals surface area contributed by atoms with Crippen molar-refractivity contribution >= 4 is 33.3 Å². The van der Waals surface area contributed by atoms with Gasteiger partial charge < -0.3 is 19.9 Å². The van der Waals surface area contributed by atoms with Crippen LogP contribution in [0.3, 0.4) is 0 Å². The van der Waals surface area contributed by atoms with Gasteiger partial charge in [-0.3, -0.25) is 4.79 Å². The molecule has 0 radical (unpaired) electrons. The molecule has 0 saturated carbocycles. The zero-order valence-corrected chi connectivity index (χ0v) is 16.6. The molecule has 0 bridgehead atoms. The predicted molar refractivity (Wildman–Crippen MR) is 105 cm³/mol. The molecule has 3 aliphatic rings. The fourth-order valence-corrected chi connectivity index (χ4v) is 5.57.